The summed E-state index contributed by atoms with van der Waals surface area (Å²) in [4.78, 5) is 19.7. The lowest BCUT2D eigenvalue weighted by Crippen LogP contribution is -2.37. The minimum Gasteiger partial charge on any atom is -0.371 e. The molecule has 0 spiro atoms. The zero-order valence-corrected chi connectivity index (χ0v) is 20.4. The van der Waals surface area contributed by atoms with Gasteiger partial charge in [0, 0.05) is 42.7 Å². The molecule has 5 rings (SSSR count). The number of carbonyl (C=O) groups is 1. The van der Waals surface area contributed by atoms with E-state index in [-0.39, 0.29) is 17.6 Å². The van der Waals surface area contributed by atoms with Gasteiger partial charge in [-0.15, -0.1) is 0 Å². The molecule has 2 aliphatic rings. The minimum atomic E-state index is -0.218. The van der Waals surface area contributed by atoms with Crippen LogP contribution < -0.4 is 4.90 Å². The molecule has 3 aromatic rings. The number of ketones is 1. The van der Waals surface area contributed by atoms with E-state index >= 15 is 0 Å². The van der Waals surface area contributed by atoms with Crippen LogP contribution in [0.15, 0.2) is 54.7 Å². The lowest BCUT2D eigenvalue weighted by Gasteiger charge is -2.35. The second-order valence-corrected chi connectivity index (χ2v) is 10.6. The summed E-state index contributed by atoms with van der Waals surface area (Å²) in [6, 6.07) is 13.5. The first-order chi connectivity index (χ1) is 17.0. The van der Waals surface area contributed by atoms with E-state index in [0.29, 0.717) is 30.0 Å². The zero-order chi connectivity index (χ0) is 24.4. The molecule has 1 aliphatic heterocycles. The maximum absolute atomic E-state index is 13.9. The van der Waals surface area contributed by atoms with Crippen LogP contribution in [0.5, 0.6) is 0 Å². The first-order valence-electron chi connectivity index (χ1n) is 13.1. The molecule has 3 nitrogen and oxygen atoms in total. The van der Waals surface area contributed by atoms with Crippen molar-refractivity contribution in [2.45, 2.75) is 57.8 Å². The predicted octanol–water partition coefficient (Wildman–Crippen LogP) is 7.30. The molecular weight excluding hydrogens is 442 g/mol. The molecular formula is C30H34F2N2O. The van der Waals surface area contributed by atoms with Crippen molar-refractivity contribution in [1.82, 2.24) is 4.98 Å². The van der Waals surface area contributed by atoms with E-state index in [1.807, 2.05) is 18.3 Å². The van der Waals surface area contributed by atoms with Gasteiger partial charge >= 0.3 is 0 Å². The van der Waals surface area contributed by atoms with Crippen LogP contribution in [0, 0.1) is 29.4 Å². The normalized spacial score (nSPS) is 22.3. The Labute approximate surface area is 206 Å². The topological polar surface area (TPSA) is 33.2 Å². The molecule has 0 radical (unpaired) electrons. The van der Waals surface area contributed by atoms with E-state index in [1.165, 1.54) is 23.8 Å². The number of piperidine rings is 1. The monoisotopic (exact) mass is 476 g/mol. The third kappa shape index (κ3) is 5.39. The number of anilines is 1. The van der Waals surface area contributed by atoms with Gasteiger partial charge in [-0.05, 0) is 110 Å². The summed E-state index contributed by atoms with van der Waals surface area (Å²) < 4.78 is 27.1. The van der Waals surface area contributed by atoms with Crippen molar-refractivity contribution < 1.29 is 13.6 Å². The van der Waals surface area contributed by atoms with E-state index in [2.05, 4.69) is 22.9 Å². The third-order valence-electron chi connectivity index (χ3n) is 8.42. The second kappa shape index (κ2) is 10.4. The molecule has 1 saturated carbocycles. The average molecular weight is 477 g/mol. The number of hydrogen-bond donors (Lipinski definition) is 0. The van der Waals surface area contributed by atoms with Gasteiger partial charge in [-0.3, -0.25) is 9.78 Å². The third-order valence-corrected chi connectivity index (χ3v) is 8.42. The van der Waals surface area contributed by atoms with Crippen LogP contribution in [0.1, 0.15) is 63.4 Å². The highest BCUT2D eigenvalue weighted by molar-refractivity contribution is 5.83. The highest BCUT2D eigenvalue weighted by Gasteiger charge is 2.31. The Balaban J connectivity index is 1.12. The van der Waals surface area contributed by atoms with E-state index in [4.69, 9.17) is 0 Å². The Bertz CT molecular complexity index is 1160. The minimum absolute atomic E-state index is 0.142. The van der Waals surface area contributed by atoms with Gasteiger partial charge in [-0.25, -0.2) is 8.78 Å². The lowest BCUT2D eigenvalue weighted by atomic mass is 9.72. The Morgan fingerprint density at radius 3 is 2.34 bits per heavy atom. The SMILES string of the molecule is C[C@@H](CC(=O)C1CCN(c2ccc(F)cc2)CC1)C1CCC(c2ccnc3ccc(F)cc23)CC1. The summed E-state index contributed by atoms with van der Waals surface area (Å²) in [5.74, 6) is 1.51. The number of rotatable bonds is 6. The molecule has 2 heterocycles. The van der Waals surface area contributed by atoms with E-state index in [1.54, 1.807) is 12.1 Å². The highest BCUT2D eigenvalue weighted by atomic mass is 19.1. The van der Waals surface area contributed by atoms with Crippen molar-refractivity contribution >= 4 is 22.4 Å². The number of aromatic nitrogens is 1. The van der Waals surface area contributed by atoms with Crippen molar-refractivity contribution in [3.63, 3.8) is 0 Å². The number of pyridine rings is 1. The Morgan fingerprint density at radius 2 is 1.63 bits per heavy atom. The van der Waals surface area contributed by atoms with E-state index < -0.39 is 0 Å². The van der Waals surface area contributed by atoms with Gasteiger partial charge in [0.1, 0.15) is 17.4 Å². The first-order valence-corrected chi connectivity index (χ1v) is 13.1. The highest BCUT2D eigenvalue weighted by Crippen LogP contribution is 2.41. The van der Waals surface area contributed by atoms with Crippen molar-refractivity contribution in [2.75, 3.05) is 18.0 Å². The molecule has 1 saturated heterocycles. The largest absolute Gasteiger partial charge is 0.371 e. The van der Waals surface area contributed by atoms with Crippen LogP contribution in [0.2, 0.25) is 0 Å². The molecule has 2 fully saturated rings. The van der Waals surface area contributed by atoms with Crippen molar-refractivity contribution in [2.24, 2.45) is 17.8 Å². The average Bonchev–Trinajstić information content (AvgIpc) is 2.89. The van der Waals surface area contributed by atoms with Crippen LogP contribution in [0.4, 0.5) is 14.5 Å². The maximum atomic E-state index is 13.9. The number of nitrogens with zero attached hydrogens (tertiary/aromatic N) is 2. The number of fused-ring (bicyclic) bond motifs is 1. The summed E-state index contributed by atoms with van der Waals surface area (Å²) in [5, 5.41) is 0.936. The smallest absolute Gasteiger partial charge is 0.136 e. The Morgan fingerprint density at radius 1 is 0.943 bits per heavy atom. The number of Topliss-reactive ketones (excluding diaryl/α,β-unsaturated/α-hetero) is 1. The number of benzene rings is 2. The summed E-state index contributed by atoms with van der Waals surface area (Å²) >= 11 is 0. The molecule has 2 aromatic carbocycles. The second-order valence-electron chi connectivity index (χ2n) is 10.6. The molecule has 1 atom stereocenters. The fraction of sp³-hybridized carbons (Fsp3) is 0.467. The van der Waals surface area contributed by atoms with Gasteiger partial charge in [0.05, 0.1) is 5.52 Å². The predicted molar refractivity (Wildman–Crippen MR) is 137 cm³/mol. The summed E-state index contributed by atoms with van der Waals surface area (Å²) in [6.45, 7) is 3.94. The molecule has 184 valence electrons. The van der Waals surface area contributed by atoms with E-state index in [0.717, 1.165) is 68.2 Å². The summed E-state index contributed by atoms with van der Waals surface area (Å²) in [5.41, 5.74) is 3.10. The standard InChI is InChI=1S/C30H34F2N2O/c1-20(18-30(35)23-13-16-34(17-14-23)26-9-6-24(31)7-10-26)21-2-4-22(5-3-21)27-12-15-33-29-11-8-25(32)19-28(27)29/h6-12,15,19-23H,2-5,13-14,16-18H2,1H3/t20-,21?,22?/m0/s1. The number of carbonyl (C=O) groups excluding carboxylic acids is 1. The van der Waals surface area contributed by atoms with Crippen molar-refractivity contribution in [1.29, 1.82) is 0 Å². The first kappa shape index (κ1) is 23.9. The van der Waals surface area contributed by atoms with Crippen LogP contribution in [-0.4, -0.2) is 23.9 Å². The van der Waals surface area contributed by atoms with Gasteiger partial charge in [-0.2, -0.15) is 0 Å². The Kier molecular flexibility index (Phi) is 7.12. The Hall–Kier alpha value is -2.82. The molecule has 1 aliphatic carbocycles. The van der Waals surface area contributed by atoms with Gasteiger partial charge in [0.2, 0.25) is 0 Å². The zero-order valence-electron chi connectivity index (χ0n) is 20.4. The van der Waals surface area contributed by atoms with E-state index in [9.17, 15) is 13.6 Å². The van der Waals surface area contributed by atoms with Crippen LogP contribution in [0.3, 0.4) is 0 Å². The molecule has 0 amide bonds. The summed E-state index contributed by atoms with van der Waals surface area (Å²) in [6.07, 6.45) is 8.64. The van der Waals surface area contributed by atoms with Crippen LogP contribution in [0.25, 0.3) is 10.9 Å². The lowest BCUT2D eigenvalue weighted by molar-refractivity contribution is -0.124. The van der Waals surface area contributed by atoms with Crippen LogP contribution >= 0.6 is 0 Å². The quantitative estimate of drug-likeness (QED) is 0.374. The van der Waals surface area contributed by atoms with Gasteiger partial charge in [0.15, 0.2) is 0 Å². The van der Waals surface area contributed by atoms with Crippen LogP contribution in [-0.2, 0) is 4.79 Å². The summed E-state index contributed by atoms with van der Waals surface area (Å²) in [7, 11) is 0. The number of hydrogen-bond acceptors (Lipinski definition) is 3. The number of halogens is 2. The molecule has 0 N–H and O–H groups in total. The molecule has 1 aromatic heterocycles. The van der Waals surface area contributed by atoms with Gasteiger partial charge in [0.25, 0.3) is 0 Å². The molecule has 35 heavy (non-hydrogen) atoms. The van der Waals surface area contributed by atoms with Crippen molar-refractivity contribution in [3.05, 3.63) is 71.9 Å². The van der Waals surface area contributed by atoms with Gasteiger partial charge in [-0.1, -0.05) is 6.92 Å². The fourth-order valence-corrected chi connectivity index (χ4v) is 6.26. The molecule has 5 heteroatoms. The maximum Gasteiger partial charge on any atom is 0.136 e. The molecule has 0 unspecified atom stereocenters. The fourth-order valence-electron chi connectivity index (χ4n) is 6.26. The van der Waals surface area contributed by atoms with Crippen molar-refractivity contribution in [3.8, 4) is 0 Å². The molecule has 0 bridgehead atoms. The van der Waals surface area contributed by atoms with Gasteiger partial charge < -0.3 is 4.90 Å².